The highest BCUT2D eigenvalue weighted by molar-refractivity contribution is 6.04. The number of carbonyl (C=O) groups is 1. The molecule has 0 atom stereocenters. The third-order valence-corrected chi connectivity index (χ3v) is 4.22. The van der Waals surface area contributed by atoms with Gasteiger partial charge in [0.2, 0.25) is 0 Å². The zero-order valence-electron chi connectivity index (χ0n) is 11.7. The van der Waals surface area contributed by atoms with Gasteiger partial charge in [0, 0.05) is 24.6 Å². The zero-order valence-corrected chi connectivity index (χ0v) is 11.7. The first-order valence-electron chi connectivity index (χ1n) is 6.70. The fourth-order valence-electron chi connectivity index (χ4n) is 2.74. The average molecular weight is 257 g/mol. The maximum absolute atomic E-state index is 12.6. The minimum atomic E-state index is -0.160. The fourth-order valence-corrected chi connectivity index (χ4v) is 2.74. The van der Waals surface area contributed by atoms with E-state index in [2.05, 4.69) is 10.3 Å². The number of nitrogens with zero attached hydrogens (tertiary/aromatic N) is 2. The van der Waals surface area contributed by atoms with E-state index < -0.39 is 0 Å². The predicted octanol–water partition coefficient (Wildman–Crippen LogP) is 2.06. The summed E-state index contributed by atoms with van der Waals surface area (Å²) in [6.07, 6.45) is 1.98. The quantitative estimate of drug-likeness (QED) is 0.853. The maximum Gasteiger partial charge on any atom is 0.170 e. The first-order valence-corrected chi connectivity index (χ1v) is 6.70. The molecule has 4 heteroatoms. The summed E-state index contributed by atoms with van der Waals surface area (Å²) in [7, 11) is 3.90. The van der Waals surface area contributed by atoms with Gasteiger partial charge in [0.15, 0.2) is 5.78 Å². The van der Waals surface area contributed by atoms with Crippen molar-refractivity contribution in [2.75, 3.05) is 13.6 Å². The molecule has 4 nitrogen and oxygen atoms in total. The second-order valence-corrected chi connectivity index (χ2v) is 5.56. The molecule has 1 fully saturated rings. The lowest BCUT2D eigenvalue weighted by Gasteiger charge is -2.13. The van der Waals surface area contributed by atoms with E-state index in [1.54, 1.807) is 0 Å². The molecule has 0 unspecified atom stereocenters. The summed E-state index contributed by atoms with van der Waals surface area (Å²) in [6, 6.07) is 5.86. The molecule has 3 rings (SSSR count). The molecule has 19 heavy (non-hydrogen) atoms. The second kappa shape index (κ2) is 4.17. The minimum absolute atomic E-state index is 0.160. The lowest BCUT2D eigenvalue weighted by atomic mass is 9.94. The molecule has 1 saturated carbocycles. The lowest BCUT2D eigenvalue weighted by molar-refractivity contribution is 0.0900. The molecule has 0 spiro atoms. The van der Waals surface area contributed by atoms with Crippen molar-refractivity contribution in [1.82, 2.24) is 14.9 Å². The molecule has 0 saturated heterocycles. The normalized spacial score (nSPS) is 16.8. The van der Waals surface area contributed by atoms with Gasteiger partial charge in [0.1, 0.15) is 5.82 Å². The molecule has 0 bridgehead atoms. The summed E-state index contributed by atoms with van der Waals surface area (Å²) in [5.74, 6) is 1.23. The molecule has 1 aliphatic carbocycles. The number of fused-ring (bicyclic) bond motifs is 1. The van der Waals surface area contributed by atoms with E-state index in [0.717, 1.165) is 41.8 Å². The van der Waals surface area contributed by atoms with Crippen LogP contribution in [0.15, 0.2) is 18.2 Å². The number of imidazole rings is 1. The monoisotopic (exact) mass is 257 g/mol. The maximum atomic E-state index is 12.6. The van der Waals surface area contributed by atoms with E-state index in [9.17, 15) is 4.79 Å². The zero-order chi connectivity index (χ0) is 13.6. The van der Waals surface area contributed by atoms with Crippen LogP contribution in [-0.2, 0) is 7.05 Å². The van der Waals surface area contributed by atoms with Gasteiger partial charge in [-0.05, 0) is 45.0 Å². The van der Waals surface area contributed by atoms with E-state index in [0.29, 0.717) is 0 Å². The third kappa shape index (κ3) is 1.87. The van der Waals surface area contributed by atoms with Crippen molar-refractivity contribution < 1.29 is 4.79 Å². The molecular formula is C15H19N3O. The van der Waals surface area contributed by atoms with Crippen molar-refractivity contribution in [3.8, 4) is 0 Å². The Hall–Kier alpha value is -1.68. The van der Waals surface area contributed by atoms with E-state index in [-0.39, 0.29) is 11.2 Å². The number of carbonyl (C=O) groups excluding carboxylic acids is 1. The smallest absolute Gasteiger partial charge is 0.170 e. The van der Waals surface area contributed by atoms with Crippen molar-refractivity contribution in [1.29, 1.82) is 0 Å². The van der Waals surface area contributed by atoms with Gasteiger partial charge in [0.25, 0.3) is 0 Å². The Kier molecular flexibility index (Phi) is 2.71. The Labute approximate surface area is 112 Å². The number of ketones is 1. The molecule has 1 heterocycles. The van der Waals surface area contributed by atoms with Crippen LogP contribution in [0.1, 0.15) is 29.0 Å². The topological polar surface area (TPSA) is 46.9 Å². The molecule has 0 radical (unpaired) electrons. The standard InChI is InChI=1S/C15H19N3O/c1-10-17-12-8-11(4-5-13(12)18(10)3)14(19)15(6-7-15)9-16-2/h4-5,8,16H,6-7,9H2,1-3H3. The van der Waals surface area contributed by atoms with Crippen molar-refractivity contribution in [2.45, 2.75) is 19.8 Å². The Balaban J connectivity index is 2.00. The van der Waals surface area contributed by atoms with Crippen LogP contribution >= 0.6 is 0 Å². The average Bonchev–Trinajstić information content (AvgIpc) is 3.12. The number of benzene rings is 1. The molecule has 1 aromatic carbocycles. The van der Waals surface area contributed by atoms with Gasteiger partial charge < -0.3 is 9.88 Å². The number of aromatic nitrogens is 2. The summed E-state index contributed by atoms with van der Waals surface area (Å²) in [6.45, 7) is 2.75. The number of hydrogen-bond donors (Lipinski definition) is 1. The van der Waals surface area contributed by atoms with Crippen molar-refractivity contribution in [3.63, 3.8) is 0 Å². The Morgan fingerprint density at radius 1 is 1.47 bits per heavy atom. The highest BCUT2D eigenvalue weighted by atomic mass is 16.1. The molecule has 2 aromatic rings. The van der Waals surface area contributed by atoms with Gasteiger partial charge in [-0.25, -0.2) is 4.98 Å². The van der Waals surface area contributed by atoms with Crippen LogP contribution in [0.3, 0.4) is 0 Å². The van der Waals surface area contributed by atoms with Crippen molar-refractivity contribution in [3.05, 3.63) is 29.6 Å². The van der Waals surface area contributed by atoms with E-state index in [1.165, 1.54) is 0 Å². The highest BCUT2D eigenvalue weighted by Gasteiger charge is 2.49. The van der Waals surface area contributed by atoms with Crippen LogP contribution < -0.4 is 5.32 Å². The minimum Gasteiger partial charge on any atom is -0.331 e. The van der Waals surface area contributed by atoms with Crippen LogP contribution in [0.5, 0.6) is 0 Å². The summed E-state index contributed by atoms with van der Waals surface area (Å²) in [5, 5.41) is 3.13. The van der Waals surface area contributed by atoms with Crippen LogP contribution in [-0.4, -0.2) is 28.9 Å². The molecule has 1 N–H and O–H groups in total. The number of rotatable bonds is 4. The van der Waals surface area contributed by atoms with Crippen molar-refractivity contribution in [2.24, 2.45) is 12.5 Å². The Bertz CT molecular complexity index is 653. The predicted molar refractivity (Wildman–Crippen MR) is 75.4 cm³/mol. The summed E-state index contributed by atoms with van der Waals surface area (Å²) in [5.41, 5.74) is 2.61. The Morgan fingerprint density at radius 3 is 2.84 bits per heavy atom. The number of hydrogen-bond acceptors (Lipinski definition) is 3. The molecule has 100 valence electrons. The van der Waals surface area contributed by atoms with Crippen LogP contribution in [0.4, 0.5) is 0 Å². The molecule has 1 aromatic heterocycles. The number of Topliss-reactive ketones (excluding diaryl/α,β-unsaturated/α-hetero) is 1. The van der Waals surface area contributed by atoms with Gasteiger partial charge in [0.05, 0.1) is 11.0 Å². The van der Waals surface area contributed by atoms with Gasteiger partial charge in [-0.3, -0.25) is 4.79 Å². The molecule has 0 amide bonds. The third-order valence-electron chi connectivity index (χ3n) is 4.22. The van der Waals surface area contributed by atoms with Crippen molar-refractivity contribution >= 4 is 16.8 Å². The van der Waals surface area contributed by atoms with E-state index in [4.69, 9.17) is 0 Å². The Morgan fingerprint density at radius 2 is 2.21 bits per heavy atom. The molecular weight excluding hydrogens is 238 g/mol. The van der Waals surface area contributed by atoms with E-state index in [1.807, 2.05) is 43.8 Å². The number of aryl methyl sites for hydroxylation is 2. The lowest BCUT2D eigenvalue weighted by Crippen LogP contribution is -2.27. The van der Waals surface area contributed by atoms with E-state index >= 15 is 0 Å². The van der Waals surface area contributed by atoms with Crippen LogP contribution in [0.25, 0.3) is 11.0 Å². The first kappa shape index (κ1) is 12.4. The van der Waals surface area contributed by atoms with Crippen LogP contribution in [0.2, 0.25) is 0 Å². The molecule has 1 aliphatic rings. The van der Waals surface area contributed by atoms with Gasteiger partial charge in [-0.2, -0.15) is 0 Å². The van der Waals surface area contributed by atoms with Crippen LogP contribution in [0, 0.1) is 12.3 Å². The van der Waals surface area contributed by atoms with Gasteiger partial charge in [-0.1, -0.05) is 0 Å². The second-order valence-electron chi connectivity index (χ2n) is 5.56. The largest absolute Gasteiger partial charge is 0.331 e. The highest BCUT2D eigenvalue weighted by Crippen LogP contribution is 2.47. The molecule has 0 aliphatic heterocycles. The first-order chi connectivity index (χ1) is 9.07. The fraction of sp³-hybridized carbons (Fsp3) is 0.467. The van der Waals surface area contributed by atoms with Gasteiger partial charge >= 0.3 is 0 Å². The summed E-state index contributed by atoms with van der Waals surface area (Å²) >= 11 is 0. The number of nitrogens with one attached hydrogen (secondary N) is 1. The summed E-state index contributed by atoms with van der Waals surface area (Å²) in [4.78, 5) is 17.1. The SMILES string of the molecule is CNCC1(C(=O)c2ccc3c(c2)nc(C)n3C)CC1. The van der Waals surface area contributed by atoms with Gasteiger partial charge in [-0.15, -0.1) is 0 Å². The summed E-state index contributed by atoms with van der Waals surface area (Å²) < 4.78 is 2.05.